The number of hydrogen-bond donors (Lipinski definition) is 4. The van der Waals surface area contributed by atoms with Crippen molar-refractivity contribution < 1.29 is 29.3 Å². The highest BCUT2D eigenvalue weighted by Crippen LogP contribution is 2.39. The van der Waals surface area contributed by atoms with E-state index in [9.17, 15) is 25.1 Å². The van der Waals surface area contributed by atoms with E-state index in [1.54, 1.807) is 24.4 Å². The number of piperidine rings is 1. The third-order valence-corrected chi connectivity index (χ3v) is 12.2. The van der Waals surface area contributed by atoms with Crippen LogP contribution in [-0.2, 0) is 35.9 Å². The number of aliphatic hydroxyl groups excluding tert-OH is 1. The van der Waals surface area contributed by atoms with Crippen LogP contribution in [0.4, 0.5) is 0 Å². The van der Waals surface area contributed by atoms with Crippen molar-refractivity contribution in [3.05, 3.63) is 135 Å². The zero-order chi connectivity index (χ0) is 41.7. The molecule has 304 valence electrons. The summed E-state index contributed by atoms with van der Waals surface area (Å²) in [4.78, 5) is 30.5. The van der Waals surface area contributed by atoms with Crippen LogP contribution in [0.2, 0.25) is 5.02 Å². The van der Waals surface area contributed by atoms with Gasteiger partial charge < -0.3 is 25.0 Å². The zero-order valence-corrected chi connectivity index (χ0v) is 34.2. The maximum atomic E-state index is 12.1. The molecule has 2 fully saturated rings. The first kappa shape index (κ1) is 41.4. The second-order valence-corrected chi connectivity index (χ2v) is 16.2. The standard InChI is InChI=1S/C47H48ClN5O6/c1-30-36(27-59-43-20-42(58-26-34-18-33(21-49)22-50-23-34)37(19-41(43)48)24-52-46(3,29-54)45(56)57)6-4-8-39(30)40-9-5-7-38(31(40)2)35-12-10-32(11-13-35)25-53-16-14-47(15-17-53)28-51-44(47)55/h4-13,18-20,22-23,52,54H,14-17,24-29H2,1-3H3,(H,51,55)(H,56,57)/t46-/m0/s1. The number of pyridine rings is 1. The molecule has 7 rings (SSSR count). The average Bonchev–Trinajstić information content (AvgIpc) is 3.25. The van der Waals surface area contributed by atoms with Gasteiger partial charge >= 0.3 is 5.97 Å². The summed E-state index contributed by atoms with van der Waals surface area (Å²) in [6, 6.07) is 28.5. The van der Waals surface area contributed by atoms with Crippen molar-refractivity contribution in [3.63, 3.8) is 0 Å². The quantitative estimate of drug-likeness (QED) is 0.0789. The van der Waals surface area contributed by atoms with Crippen molar-refractivity contribution in [2.24, 2.45) is 5.41 Å². The Kier molecular flexibility index (Phi) is 12.4. The van der Waals surface area contributed by atoms with Crippen LogP contribution in [0, 0.1) is 30.6 Å². The van der Waals surface area contributed by atoms with Crippen molar-refractivity contribution in [3.8, 4) is 39.8 Å². The minimum absolute atomic E-state index is 0.0281. The maximum Gasteiger partial charge on any atom is 0.326 e. The van der Waals surface area contributed by atoms with Gasteiger partial charge in [-0.2, -0.15) is 5.26 Å². The van der Waals surface area contributed by atoms with Crippen molar-refractivity contribution in [2.75, 3.05) is 26.2 Å². The molecule has 11 nitrogen and oxygen atoms in total. The summed E-state index contributed by atoms with van der Waals surface area (Å²) in [6.07, 6.45) is 4.92. The van der Waals surface area contributed by atoms with Gasteiger partial charge in [0, 0.05) is 49.2 Å². The number of nitriles is 1. The van der Waals surface area contributed by atoms with E-state index in [-0.39, 0.29) is 31.1 Å². The lowest BCUT2D eigenvalue weighted by molar-refractivity contribution is -0.146. The van der Waals surface area contributed by atoms with E-state index in [0.717, 1.165) is 72.4 Å². The number of aromatic nitrogens is 1. The molecule has 1 amide bonds. The van der Waals surface area contributed by atoms with E-state index in [4.69, 9.17) is 21.1 Å². The van der Waals surface area contributed by atoms with Gasteiger partial charge in [-0.25, -0.2) is 0 Å². The number of nitrogens with one attached hydrogen (secondary N) is 2. The maximum absolute atomic E-state index is 12.1. The number of carboxylic acids is 1. The number of rotatable bonds is 15. The second-order valence-electron chi connectivity index (χ2n) is 15.8. The Morgan fingerprint density at radius 1 is 0.932 bits per heavy atom. The summed E-state index contributed by atoms with van der Waals surface area (Å²) in [6.45, 7) is 8.91. The Labute approximate surface area is 349 Å². The molecule has 5 aromatic rings. The molecule has 0 radical (unpaired) electrons. The number of amides is 1. The van der Waals surface area contributed by atoms with Crippen LogP contribution < -0.4 is 20.1 Å². The molecule has 1 aromatic heterocycles. The van der Waals surface area contributed by atoms with Crippen molar-refractivity contribution >= 4 is 23.5 Å². The van der Waals surface area contributed by atoms with Gasteiger partial charge in [0.2, 0.25) is 5.91 Å². The summed E-state index contributed by atoms with van der Waals surface area (Å²) in [7, 11) is 0. The first-order chi connectivity index (χ1) is 28.4. The lowest BCUT2D eigenvalue weighted by Crippen LogP contribution is -2.62. The third kappa shape index (κ3) is 8.97. The van der Waals surface area contributed by atoms with Gasteiger partial charge in [0.05, 0.1) is 22.6 Å². The number of carboxylic acid groups (broad SMARTS) is 1. The Morgan fingerprint density at radius 3 is 2.29 bits per heavy atom. The fraction of sp³-hybridized carbons (Fsp3) is 0.319. The molecule has 59 heavy (non-hydrogen) atoms. The second kappa shape index (κ2) is 17.6. The number of likely N-dealkylation sites (tertiary alicyclic amines) is 1. The van der Waals surface area contributed by atoms with Crippen LogP contribution in [0.5, 0.6) is 11.5 Å². The van der Waals surface area contributed by atoms with Crippen LogP contribution in [0.15, 0.2) is 91.3 Å². The van der Waals surface area contributed by atoms with Crippen LogP contribution in [-0.4, -0.2) is 63.8 Å². The molecule has 12 heteroatoms. The summed E-state index contributed by atoms with van der Waals surface area (Å²) < 4.78 is 12.5. The number of halogens is 1. The first-order valence-corrected chi connectivity index (χ1v) is 20.1. The number of β-lactam (4-membered cyclic amide) rings is 1. The van der Waals surface area contributed by atoms with Gasteiger partial charge in [0.25, 0.3) is 0 Å². The monoisotopic (exact) mass is 813 g/mol. The molecular formula is C47H48ClN5O6. The highest BCUT2D eigenvalue weighted by molar-refractivity contribution is 6.32. The SMILES string of the molecule is Cc1c(COc2cc(OCc3cncc(C#N)c3)c(CN[C@@](C)(CO)C(=O)O)cc2Cl)cccc1-c1cccc(-c2ccc(CN3CCC4(CC3)CNC4=O)cc2)c1C. The van der Waals surface area contributed by atoms with Gasteiger partial charge in [-0.3, -0.25) is 24.8 Å². The van der Waals surface area contributed by atoms with Gasteiger partial charge in [-0.15, -0.1) is 0 Å². The Hall–Kier alpha value is -5.77. The minimum Gasteiger partial charge on any atom is -0.488 e. The van der Waals surface area contributed by atoms with Crippen LogP contribution >= 0.6 is 11.6 Å². The highest BCUT2D eigenvalue weighted by Gasteiger charge is 2.47. The molecule has 0 aliphatic carbocycles. The van der Waals surface area contributed by atoms with Crippen LogP contribution in [0.25, 0.3) is 22.3 Å². The largest absolute Gasteiger partial charge is 0.488 e. The minimum atomic E-state index is -1.59. The lowest BCUT2D eigenvalue weighted by Gasteiger charge is -2.46. The first-order valence-electron chi connectivity index (χ1n) is 19.7. The van der Waals surface area contributed by atoms with E-state index in [1.807, 2.05) is 12.1 Å². The number of benzene rings is 4. The van der Waals surface area contributed by atoms with Crippen molar-refractivity contribution in [1.29, 1.82) is 5.26 Å². The lowest BCUT2D eigenvalue weighted by atomic mass is 9.72. The summed E-state index contributed by atoms with van der Waals surface area (Å²) in [5.41, 5.74) is 8.92. The van der Waals surface area contributed by atoms with Gasteiger partial charge in [0.15, 0.2) is 0 Å². The molecule has 4 aromatic carbocycles. The van der Waals surface area contributed by atoms with Crippen molar-refractivity contribution in [2.45, 2.75) is 65.5 Å². The molecule has 2 aliphatic heterocycles. The van der Waals surface area contributed by atoms with E-state index >= 15 is 0 Å². The average molecular weight is 814 g/mol. The summed E-state index contributed by atoms with van der Waals surface area (Å²) in [5.74, 6) is -0.221. The van der Waals surface area contributed by atoms with E-state index in [0.29, 0.717) is 33.2 Å². The zero-order valence-electron chi connectivity index (χ0n) is 33.5. The molecule has 4 N–H and O–H groups in total. The fourth-order valence-corrected chi connectivity index (χ4v) is 8.01. The normalized spacial score (nSPS) is 15.8. The molecule has 2 aliphatic rings. The fourth-order valence-electron chi connectivity index (χ4n) is 7.77. The number of ether oxygens (including phenoxy) is 2. The number of carbonyl (C=O) groups is 2. The predicted octanol–water partition coefficient (Wildman–Crippen LogP) is 7.35. The van der Waals surface area contributed by atoms with Gasteiger partial charge in [0.1, 0.15) is 36.3 Å². The van der Waals surface area contributed by atoms with E-state index in [2.05, 4.69) is 89.0 Å². The van der Waals surface area contributed by atoms with Crippen molar-refractivity contribution in [1.82, 2.24) is 20.5 Å². The molecule has 1 atom stereocenters. The molecule has 0 saturated carbocycles. The Morgan fingerprint density at radius 2 is 1.63 bits per heavy atom. The van der Waals surface area contributed by atoms with E-state index in [1.165, 1.54) is 24.2 Å². The summed E-state index contributed by atoms with van der Waals surface area (Å²) in [5, 5.41) is 34.9. The highest BCUT2D eigenvalue weighted by atomic mass is 35.5. The van der Waals surface area contributed by atoms with Crippen LogP contribution in [0.1, 0.15) is 58.7 Å². The number of aliphatic hydroxyl groups is 1. The number of hydrogen-bond acceptors (Lipinski definition) is 9. The smallest absolute Gasteiger partial charge is 0.326 e. The van der Waals surface area contributed by atoms with E-state index < -0.39 is 18.1 Å². The predicted molar refractivity (Wildman–Crippen MR) is 226 cm³/mol. The van der Waals surface area contributed by atoms with Gasteiger partial charge in [-0.1, -0.05) is 72.3 Å². The number of nitrogens with zero attached hydrogens (tertiary/aromatic N) is 3. The molecule has 3 heterocycles. The molecule has 2 saturated heterocycles. The Bertz CT molecular complexity index is 2410. The Balaban J connectivity index is 1.07. The number of aliphatic carboxylic acids is 1. The molecule has 0 unspecified atom stereocenters. The number of carbonyl (C=O) groups excluding carboxylic acids is 1. The third-order valence-electron chi connectivity index (χ3n) is 11.9. The van der Waals surface area contributed by atoms with Crippen LogP contribution in [0.3, 0.4) is 0 Å². The molecular weight excluding hydrogens is 766 g/mol. The van der Waals surface area contributed by atoms with Gasteiger partial charge in [-0.05, 0) is 103 Å². The topological polar surface area (TPSA) is 157 Å². The molecule has 0 bridgehead atoms. The summed E-state index contributed by atoms with van der Waals surface area (Å²) >= 11 is 6.78. The molecule has 1 spiro atoms.